The lowest BCUT2D eigenvalue weighted by Crippen LogP contribution is -1.76. The van der Waals surface area contributed by atoms with Crippen LogP contribution < -0.4 is 0 Å². The second kappa shape index (κ2) is 12.8. The average Bonchev–Trinajstić information content (AvgIpc) is 2.19. The number of hydrogen-bond acceptors (Lipinski definition) is 0. The lowest BCUT2D eigenvalue weighted by atomic mass is 10.2. The molecule has 0 atom stereocenters. The molecule has 0 saturated carbocycles. The monoisotopic (exact) mass is 216 g/mol. The van der Waals surface area contributed by atoms with Crippen LogP contribution in [-0.2, 0) is 0 Å². The Bertz CT molecular complexity index is 222. The molecule has 0 amide bonds. The van der Waals surface area contributed by atoms with E-state index in [1.807, 2.05) is 36.4 Å². The summed E-state index contributed by atoms with van der Waals surface area (Å²) in [4.78, 5) is 0. The summed E-state index contributed by atoms with van der Waals surface area (Å²) in [7, 11) is -3.67. The zero-order chi connectivity index (χ0) is 12.1. The Kier molecular flexibility index (Phi) is 13.9. The minimum absolute atomic E-state index is 1.17. The molecule has 0 bridgehead atoms. The molecule has 1 aromatic rings. The van der Waals surface area contributed by atoms with Gasteiger partial charge in [-0.1, -0.05) is 63.3 Å². The summed E-state index contributed by atoms with van der Waals surface area (Å²) in [6.45, 7) is 7.88. The number of rotatable bonds is 1. The molecule has 0 aliphatic carbocycles. The van der Waals surface area contributed by atoms with E-state index in [4.69, 9.17) is 0 Å². The molecule has 0 spiro atoms. The fourth-order valence-electron chi connectivity index (χ4n) is 0.589. The van der Waals surface area contributed by atoms with Crippen LogP contribution in [-0.4, -0.2) is 7.54 Å². The van der Waals surface area contributed by atoms with E-state index in [1.165, 1.54) is 12.0 Å². The van der Waals surface area contributed by atoms with Crippen LogP contribution in [0.15, 0.2) is 36.9 Å². The zero-order valence-electron chi connectivity index (χ0n) is 9.09. The average molecular weight is 216 g/mol. The van der Waals surface area contributed by atoms with Gasteiger partial charge in [-0.15, -0.1) is 0 Å². The van der Waals surface area contributed by atoms with Gasteiger partial charge >= 0.3 is 7.54 Å². The molecule has 0 radical (unpaired) electrons. The van der Waals surface area contributed by atoms with Gasteiger partial charge in [-0.2, -0.15) is 0 Å². The van der Waals surface area contributed by atoms with Crippen molar-refractivity contribution >= 4 is 13.6 Å². The minimum atomic E-state index is -3.67. The van der Waals surface area contributed by atoms with Crippen LogP contribution in [0.4, 0.5) is 12.9 Å². The van der Waals surface area contributed by atoms with Crippen molar-refractivity contribution in [2.45, 2.75) is 20.3 Å². The predicted molar refractivity (Wildman–Crippen MR) is 61.6 cm³/mol. The first-order valence-electron chi connectivity index (χ1n) is 4.68. The molecule has 0 unspecified atom stereocenters. The largest absolute Gasteiger partial charge is 0.762 e. The molecule has 0 N–H and O–H groups in total. The highest BCUT2D eigenvalue weighted by atomic mass is 19.4. The van der Waals surface area contributed by atoms with Crippen LogP contribution in [0.2, 0.25) is 0 Å². The van der Waals surface area contributed by atoms with E-state index >= 15 is 0 Å². The molecule has 4 heteroatoms. The highest BCUT2D eigenvalue weighted by molar-refractivity contribution is 6.33. The number of halogens is 3. The normalized spacial score (nSPS) is 7.53. The van der Waals surface area contributed by atoms with Gasteiger partial charge in [0.05, 0.1) is 0 Å². The van der Waals surface area contributed by atoms with Gasteiger partial charge in [-0.05, 0) is 5.56 Å². The van der Waals surface area contributed by atoms with E-state index in [0.29, 0.717) is 0 Å². The molecule has 0 saturated heterocycles. The maximum Gasteiger partial charge on any atom is 0.762 e. The van der Waals surface area contributed by atoms with Gasteiger partial charge < -0.3 is 0 Å². The third kappa shape index (κ3) is 19.3. The highest BCUT2D eigenvalue weighted by Gasteiger charge is 2.06. The van der Waals surface area contributed by atoms with Gasteiger partial charge in [0, 0.05) is 0 Å². The Morgan fingerprint density at radius 3 is 1.67 bits per heavy atom. The summed E-state index contributed by atoms with van der Waals surface area (Å²) in [5.74, 6) is 0. The standard InChI is InChI=1S/C8H8.C3H8.BF3/c1-2-8-6-4-3-5-7-8;1-3-2;2-1(3)4/h2-7H,1H2;3H2,1-2H3;. The number of benzene rings is 1. The van der Waals surface area contributed by atoms with Crippen LogP contribution in [0, 0.1) is 0 Å². The third-order valence-corrected chi connectivity index (χ3v) is 1.04. The van der Waals surface area contributed by atoms with Gasteiger partial charge in [0.15, 0.2) is 0 Å². The van der Waals surface area contributed by atoms with Crippen molar-refractivity contribution in [1.29, 1.82) is 0 Å². The zero-order valence-corrected chi connectivity index (χ0v) is 9.09. The lowest BCUT2D eigenvalue weighted by molar-refractivity contribution is 0.535. The highest BCUT2D eigenvalue weighted by Crippen LogP contribution is 1.97. The van der Waals surface area contributed by atoms with Gasteiger partial charge in [0.1, 0.15) is 0 Å². The molecule has 1 rings (SSSR count). The van der Waals surface area contributed by atoms with Crippen molar-refractivity contribution in [1.82, 2.24) is 0 Å². The van der Waals surface area contributed by atoms with Crippen LogP contribution in [0.5, 0.6) is 0 Å². The van der Waals surface area contributed by atoms with Gasteiger partial charge in [-0.3, -0.25) is 12.9 Å². The molecule has 0 nitrogen and oxygen atoms in total. The minimum Gasteiger partial charge on any atom is -0.254 e. The summed E-state index contributed by atoms with van der Waals surface area (Å²) < 4.78 is 29.0. The summed E-state index contributed by atoms with van der Waals surface area (Å²) in [5, 5.41) is 0. The van der Waals surface area contributed by atoms with Crippen LogP contribution in [0.3, 0.4) is 0 Å². The van der Waals surface area contributed by atoms with E-state index in [9.17, 15) is 12.9 Å². The maximum atomic E-state index is 9.67. The van der Waals surface area contributed by atoms with E-state index in [1.54, 1.807) is 0 Å². The van der Waals surface area contributed by atoms with Crippen molar-refractivity contribution in [2.24, 2.45) is 0 Å². The Hall–Kier alpha value is -1.19. The van der Waals surface area contributed by atoms with Crippen molar-refractivity contribution in [3.05, 3.63) is 42.5 Å². The summed E-state index contributed by atoms with van der Waals surface area (Å²) in [6, 6.07) is 10.0. The van der Waals surface area contributed by atoms with E-state index in [0.717, 1.165) is 0 Å². The summed E-state index contributed by atoms with van der Waals surface area (Å²) in [6.07, 6.45) is 3.08. The second-order valence-electron chi connectivity index (χ2n) is 2.57. The van der Waals surface area contributed by atoms with Crippen LogP contribution in [0.1, 0.15) is 25.8 Å². The Balaban J connectivity index is 0. The van der Waals surface area contributed by atoms with Gasteiger partial charge in [0.2, 0.25) is 0 Å². The maximum absolute atomic E-state index is 9.67. The number of hydrogen-bond donors (Lipinski definition) is 0. The summed E-state index contributed by atoms with van der Waals surface area (Å²) in [5.41, 5.74) is 1.17. The topological polar surface area (TPSA) is 0 Å². The molecule has 0 aromatic heterocycles. The molecule has 0 aliphatic heterocycles. The van der Waals surface area contributed by atoms with E-state index in [2.05, 4.69) is 20.4 Å². The van der Waals surface area contributed by atoms with Gasteiger partial charge in [0.25, 0.3) is 0 Å². The molecule has 1 aromatic carbocycles. The van der Waals surface area contributed by atoms with Crippen molar-refractivity contribution in [3.63, 3.8) is 0 Å². The van der Waals surface area contributed by atoms with Crippen molar-refractivity contribution in [2.75, 3.05) is 0 Å². The lowest BCUT2D eigenvalue weighted by Gasteiger charge is -1.85. The first-order chi connectivity index (χ1) is 7.08. The fourth-order valence-corrected chi connectivity index (χ4v) is 0.589. The fraction of sp³-hybridized carbons (Fsp3) is 0.273. The third-order valence-electron chi connectivity index (χ3n) is 1.04. The quantitative estimate of drug-likeness (QED) is 0.600. The molecular formula is C11H16BF3. The molecule has 0 fully saturated rings. The first kappa shape index (κ1) is 16.3. The predicted octanol–water partition coefficient (Wildman–Crippen LogP) is 4.63. The molecule has 0 heterocycles. The Morgan fingerprint density at radius 1 is 1.13 bits per heavy atom. The SMILES string of the molecule is C=Cc1ccccc1.CCC.FB(F)F. The van der Waals surface area contributed by atoms with E-state index in [-0.39, 0.29) is 0 Å². The first-order valence-corrected chi connectivity index (χ1v) is 4.68. The molecule has 84 valence electrons. The van der Waals surface area contributed by atoms with Crippen molar-refractivity contribution in [3.8, 4) is 0 Å². The molecular weight excluding hydrogens is 200 g/mol. The molecule has 15 heavy (non-hydrogen) atoms. The van der Waals surface area contributed by atoms with Crippen LogP contribution >= 0.6 is 0 Å². The summed E-state index contributed by atoms with van der Waals surface area (Å²) >= 11 is 0. The molecule has 0 aliphatic rings. The van der Waals surface area contributed by atoms with E-state index < -0.39 is 7.54 Å². The Morgan fingerprint density at radius 2 is 1.47 bits per heavy atom. The smallest absolute Gasteiger partial charge is 0.254 e. The Labute approximate surface area is 90.0 Å². The second-order valence-corrected chi connectivity index (χ2v) is 2.57. The van der Waals surface area contributed by atoms with Gasteiger partial charge in [-0.25, -0.2) is 0 Å². The van der Waals surface area contributed by atoms with Crippen molar-refractivity contribution < 1.29 is 12.9 Å². The van der Waals surface area contributed by atoms with Crippen LogP contribution in [0.25, 0.3) is 6.08 Å².